The molecule has 0 saturated carbocycles. The number of ether oxygens (including phenoxy) is 3. The number of amides is 2. The van der Waals surface area contributed by atoms with E-state index in [2.05, 4.69) is 10.6 Å². The number of anilines is 1. The summed E-state index contributed by atoms with van der Waals surface area (Å²) >= 11 is 0. The Morgan fingerprint density at radius 1 is 1.10 bits per heavy atom. The molecule has 0 bridgehead atoms. The summed E-state index contributed by atoms with van der Waals surface area (Å²) in [6.07, 6.45) is 0. The molecule has 1 heterocycles. The first-order valence-electron chi connectivity index (χ1n) is 9.82. The van der Waals surface area contributed by atoms with Gasteiger partial charge < -0.3 is 24.8 Å². The van der Waals surface area contributed by atoms with Crippen LogP contribution in [-0.2, 0) is 14.8 Å². The van der Waals surface area contributed by atoms with Crippen LogP contribution < -0.4 is 20.1 Å². The summed E-state index contributed by atoms with van der Waals surface area (Å²) in [5.41, 5.74) is 1.12. The van der Waals surface area contributed by atoms with E-state index in [1.54, 1.807) is 44.6 Å². The molecule has 1 aliphatic heterocycles. The van der Waals surface area contributed by atoms with Crippen molar-refractivity contribution in [2.24, 2.45) is 0 Å². The first-order chi connectivity index (χ1) is 14.8. The van der Waals surface area contributed by atoms with Crippen LogP contribution in [0.15, 0.2) is 47.4 Å². The molecule has 2 aromatic carbocycles. The van der Waals surface area contributed by atoms with Crippen LogP contribution in [0.4, 0.5) is 10.5 Å². The van der Waals surface area contributed by atoms with Gasteiger partial charge in [-0.05, 0) is 43.3 Å². The Balaban J connectivity index is 1.71. The van der Waals surface area contributed by atoms with Crippen molar-refractivity contribution in [1.29, 1.82) is 0 Å². The van der Waals surface area contributed by atoms with Crippen molar-refractivity contribution < 1.29 is 27.4 Å². The van der Waals surface area contributed by atoms with E-state index in [4.69, 9.17) is 14.2 Å². The van der Waals surface area contributed by atoms with Crippen LogP contribution in [0.1, 0.15) is 18.5 Å². The fraction of sp³-hybridized carbons (Fsp3) is 0.381. The van der Waals surface area contributed by atoms with Gasteiger partial charge in [-0.2, -0.15) is 4.31 Å². The minimum atomic E-state index is -3.65. The van der Waals surface area contributed by atoms with Gasteiger partial charge in [0, 0.05) is 24.3 Å². The molecule has 1 fully saturated rings. The Morgan fingerprint density at radius 2 is 1.84 bits per heavy atom. The van der Waals surface area contributed by atoms with Crippen molar-refractivity contribution in [1.82, 2.24) is 9.62 Å². The first kappa shape index (κ1) is 22.9. The molecule has 1 atom stereocenters. The summed E-state index contributed by atoms with van der Waals surface area (Å²) in [5.74, 6) is 1.26. The zero-order chi connectivity index (χ0) is 22.4. The Morgan fingerprint density at radius 3 is 2.52 bits per heavy atom. The van der Waals surface area contributed by atoms with E-state index in [0.29, 0.717) is 43.5 Å². The van der Waals surface area contributed by atoms with Gasteiger partial charge in [-0.3, -0.25) is 0 Å². The normalized spacial score (nSPS) is 15.7. The van der Waals surface area contributed by atoms with Crippen LogP contribution >= 0.6 is 0 Å². The maximum Gasteiger partial charge on any atom is 0.319 e. The summed E-state index contributed by atoms with van der Waals surface area (Å²) in [6.45, 7) is 3.16. The van der Waals surface area contributed by atoms with Crippen LogP contribution in [0.2, 0.25) is 0 Å². The highest BCUT2D eigenvalue weighted by molar-refractivity contribution is 7.89. The molecule has 31 heavy (non-hydrogen) atoms. The van der Waals surface area contributed by atoms with Gasteiger partial charge in [0.25, 0.3) is 0 Å². The van der Waals surface area contributed by atoms with E-state index >= 15 is 0 Å². The lowest BCUT2D eigenvalue weighted by Crippen LogP contribution is -2.40. The molecule has 0 aliphatic carbocycles. The van der Waals surface area contributed by atoms with Crippen LogP contribution in [-0.4, -0.2) is 59.3 Å². The SMILES string of the molecule is COc1ccc(OC)c(C(C)NC(=O)Nc2cccc(S(=O)(=O)N3CCOCC3)c2)c1. The summed E-state index contributed by atoms with van der Waals surface area (Å²) in [6, 6.07) is 10.7. The van der Waals surface area contributed by atoms with Crippen molar-refractivity contribution in [3.05, 3.63) is 48.0 Å². The summed E-state index contributed by atoms with van der Waals surface area (Å²) in [4.78, 5) is 12.7. The molecule has 0 spiro atoms. The molecule has 2 N–H and O–H groups in total. The lowest BCUT2D eigenvalue weighted by Gasteiger charge is -2.26. The molecular formula is C21H27N3O6S. The first-order valence-corrected chi connectivity index (χ1v) is 11.3. The van der Waals surface area contributed by atoms with Crippen LogP contribution in [0.3, 0.4) is 0 Å². The number of nitrogens with one attached hydrogen (secondary N) is 2. The maximum atomic E-state index is 12.8. The van der Waals surface area contributed by atoms with Crippen molar-refractivity contribution in [2.45, 2.75) is 17.9 Å². The van der Waals surface area contributed by atoms with Crippen LogP contribution in [0, 0.1) is 0 Å². The second-order valence-electron chi connectivity index (χ2n) is 6.97. The molecule has 3 rings (SSSR count). The van der Waals surface area contributed by atoms with Gasteiger partial charge in [-0.1, -0.05) is 6.07 Å². The second-order valence-corrected chi connectivity index (χ2v) is 8.91. The fourth-order valence-electron chi connectivity index (χ4n) is 3.29. The number of nitrogens with zero attached hydrogens (tertiary/aromatic N) is 1. The average Bonchev–Trinajstić information content (AvgIpc) is 2.79. The van der Waals surface area contributed by atoms with Crippen molar-refractivity contribution in [3.8, 4) is 11.5 Å². The standard InChI is InChI=1S/C21H27N3O6S/c1-15(19-14-17(28-2)7-8-20(19)29-3)22-21(25)23-16-5-4-6-18(13-16)31(26,27)24-9-11-30-12-10-24/h4-8,13-15H,9-12H2,1-3H3,(H2,22,23,25). The average molecular weight is 450 g/mol. The van der Waals surface area contributed by atoms with Gasteiger partial charge in [-0.25, -0.2) is 13.2 Å². The third kappa shape index (κ3) is 5.46. The summed E-state index contributed by atoms with van der Waals surface area (Å²) in [7, 11) is -0.534. The minimum absolute atomic E-state index is 0.120. The van der Waals surface area contributed by atoms with Gasteiger partial charge in [0.05, 0.1) is 38.4 Å². The number of hydrogen-bond acceptors (Lipinski definition) is 6. The molecule has 168 valence electrons. The predicted octanol–water partition coefficient (Wildman–Crippen LogP) is 2.61. The molecule has 1 saturated heterocycles. The van der Waals surface area contributed by atoms with Gasteiger partial charge in [0.2, 0.25) is 10.0 Å². The number of benzene rings is 2. The van der Waals surface area contributed by atoms with Crippen LogP contribution in [0.5, 0.6) is 11.5 Å². The van der Waals surface area contributed by atoms with Crippen molar-refractivity contribution in [2.75, 3.05) is 45.8 Å². The molecule has 0 radical (unpaired) electrons. The highest BCUT2D eigenvalue weighted by Crippen LogP contribution is 2.29. The molecule has 1 unspecified atom stereocenters. The van der Waals surface area contributed by atoms with Gasteiger partial charge in [-0.15, -0.1) is 0 Å². The van der Waals surface area contributed by atoms with Crippen molar-refractivity contribution in [3.63, 3.8) is 0 Å². The third-order valence-corrected chi connectivity index (χ3v) is 6.85. The lowest BCUT2D eigenvalue weighted by atomic mass is 10.1. The van der Waals surface area contributed by atoms with Gasteiger partial charge in [0.1, 0.15) is 11.5 Å². The fourth-order valence-corrected chi connectivity index (χ4v) is 4.74. The lowest BCUT2D eigenvalue weighted by molar-refractivity contribution is 0.0730. The number of hydrogen-bond donors (Lipinski definition) is 2. The smallest absolute Gasteiger partial charge is 0.319 e. The monoisotopic (exact) mass is 449 g/mol. The summed E-state index contributed by atoms with van der Waals surface area (Å²) in [5, 5.41) is 5.52. The van der Waals surface area contributed by atoms with Crippen LogP contribution in [0.25, 0.3) is 0 Å². The molecule has 0 aromatic heterocycles. The molecule has 10 heteroatoms. The Bertz CT molecular complexity index is 1020. The Labute approximate surface area is 182 Å². The highest BCUT2D eigenvalue weighted by Gasteiger charge is 2.26. The quantitative estimate of drug-likeness (QED) is 0.673. The Kier molecular flexibility index (Phi) is 7.37. The van der Waals surface area contributed by atoms with E-state index < -0.39 is 16.1 Å². The van der Waals surface area contributed by atoms with Gasteiger partial charge in [0.15, 0.2) is 0 Å². The molecular weight excluding hydrogens is 422 g/mol. The number of rotatable bonds is 7. The number of sulfonamides is 1. The predicted molar refractivity (Wildman–Crippen MR) is 116 cm³/mol. The second kappa shape index (κ2) is 9.99. The van der Waals surface area contributed by atoms with Crippen molar-refractivity contribution >= 4 is 21.7 Å². The number of urea groups is 1. The third-order valence-electron chi connectivity index (χ3n) is 4.95. The maximum absolute atomic E-state index is 12.8. The number of morpholine rings is 1. The number of carbonyl (C=O) groups excluding carboxylic acids is 1. The zero-order valence-electron chi connectivity index (χ0n) is 17.8. The summed E-state index contributed by atoms with van der Waals surface area (Å²) < 4.78 is 42.9. The molecule has 1 aliphatic rings. The van der Waals surface area contributed by atoms with E-state index in [-0.39, 0.29) is 10.9 Å². The zero-order valence-corrected chi connectivity index (χ0v) is 18.6. The minimum Gasteiger partial charge on any atom is -0.497 e. The van der Waals surface area contributed by atoms with E-state index in [0.717, 1.165) is 5.56 Å². The van der Waals surface area contributed by atoms with Gasteiger partial charge >= 0.3 is 6.03 Å². The Hall–Kier alpha value is -2.82. The van der Waals surface area contributed by atoms with E-state index in [9.17, 15) is 13.2 Å². The molecule has 9 nitrogen and oxygen atoms in total. The molecule has 2 aromatic rings. The van der Waals surface area contributed by atoms with E-state index in [1.807, 2.05) is 6.92 Å². The largest absolute Gasteiger partial charge is 0.497 e. The number of methoxy groups -OCH3 is 2. The highest BCUT2D eigenvalue weighted by atomic mass is 32.2. The number of carbonyl (C=O) groups is 1. The topological polar surface area (TPSA) is 106 Å². The molecule has 2 amide bonds. The van der Waals surface area contributed by atoms with E-state index in [1.165, 1.54) is 16.4 Å².